The summed E-state index contributed by atoms with van der Waals surface area (Å²) in [5.41, 5.74) is 1.03. The Labute approximate surface area is 156 Å². The van der Waals surface area contributed by atoms with E-state index in [4.69, 9.17) is 4.74 Å². The molecule has 3 rings (SSSR count). The fraction of sp³-hybridized carbons (Fsp3) is 0.263. The molecule has 0 radical (unpaired) electrons. The highest BCUT2D eigenvalue weighted by atomic mass is 16.6. The van der Waals surface area contributed by atoms with Crippen molar-refractivity contribution in [2.75, 3.05) is 25.1 Å². The minimum Gasteiger partial charge on any atom is -0.497 e. The Balaban J connectivity index is 1.75. The van der Waals surface area contributed by atoms with E-state index in [9.17, 15) is 19.7 Å². The first kappa shape index (κ1) is 18.4. The summed E-state index contributed by atoms with van der Waals surface area (Å²) in [6.07, 6.45) is 0. The molecule has 1 heterocycles. The fourth-order valence-corrected chi connectivity index (χ4v) is 3.06. The van der Waals surface area contributed by atoms with Crippen LogP contribution in [0.2, 0.25) is 0 Å². The molecule has 1 saturated heterocycles. The number of benzene rings is 2. The van der Waals surface area contributed by atoms with Gasteiger partial charge in [0.25, 0.3) is 11.6 Å². The minimum atomic E-state index is -0.636. The van der Waals surface area contributed by atoms with Crippen LogP contribution in [-0.2, 0) is 4.79 Å². The van der Waals surface area contributed by atoms with Crippen LogP contribution in [0.3, 0.4) is 0 Å². The first-order valence-corrected chi connectivity index (χ1v) is 8.43. The zero-order valence-corrected chi connectivity index (χ0v) is 15.0. The molecule has 140 valence electrons. The van der Waals surface area contributed by atoms with Crippen molar-refractivity contribution in [3.63, 3.8) is 0 Å². The van der Waals surface area contributed by atoms with Gasteiger partial charge in [-0.3, -0.25) is 19.7 Å². The van der Waals surface area contributed by atoms with Crippen molar-refractivity contribution in [2.45, 2.75) is 13.0 Å². The highest BCUT2D eigenvalue weighted by molar-refractivity contribution is 6.03. The predicted octanol–water partition coefficient (Wildman–Crippen LogP) is 2.48. The number of nitro groups is 1. The number of rotatable bonds is 4. The Kier molecular flexibility index (Phi) is 5.07. The zero-order valence-electron chi connectivity index (χ0n) is 15.0. The predicted molar refractivity (Wildman–Crippen MR) is 98.9 cm³/mol. The molecule has 0 N–H and O–H groups in total. The van der Waals surface area contributed by atoms with Gasteiger partial charge in [0.05, 0.1) is 12.0 Å². The second kappa shape index (κ2) is 7.45. The average molecular weight is 369 g/mol. The summed E-state index contributed by atoms with van der Waals surface area (Å²) in [6, 6.07) is 11.9. The highest BCUT2D eigenvalue weighted by Crippen LogP contribution is 2.24. The molecule has 1 fully saturated rings. The summed E-state index contributed by atoms with van der Waals surface area (Å²) < 4.78 is 5.09. The van der Waals surface area contributed by atoms with Crippen molar-refractivity contribution in [1.82, 2.24) is 4.90 Å². The van der Waals surface area contributed by atoms with Gasteiger partial charge in [0, 0.05) is 36.5 Å². The van der Waals surface area contributed by atoms with E-state index in [1.54, 1.807) is 55.3 Å². The molecule has 1 atom stereocenters. The highest BCUT2D eigenvalue weighted by Gasteiger charge is 2.35. The number of hydrogen-bond donors (Lipinski definition) is 0. The van der Waals surface area contributed by atoms with Crippen molar-refractivity contribution in [3.8, 4) is 5.75 Å². The van der Waals surface area contributed by atoms with E-state index in [1.165, 1.54) is 17.0 Å². The second-order valence-electron chi connectivity index (χ2n) is 6.17. The van der Waals surface area contributed by atoms with Gasteiger partial charge < -0.3 is 14.5 Å². The summed E-state index contributed by atoms with van der Waals surface area (Å²) in [4.78, 5) is 38.9. The zero-order chi connectivity index (χ0) is 19.6. The third kappa shape index (κ3) is 3.59. The van der Waals surface area contributed by atoms with E-state index in [-0.39, 0.29) is 17.5 Å². The van der Waals surface area contributed by atoms with Crippen molar-refractivity contribution in [2.24, 2.45) is 0 Å². The first-order valence-electron chi connectivity index (χ1n) is 8.43. The van der Waals surface area contributed by atoms with Gasteiger partial charge in [-0.15, -0.1) is 0 Å². The molecule has 8 heteroatoms. The van der Waals surface area contributed by atoms with E-state index >= 15 is 0 Å². The molecule has 0 saturated carbocycles. The number of piperazine rings is 1. The summed E-state index contributed by atoms with van der Waals surface area (Å²) in [6.45, 7) is 2.37. The molecule has 2 aromatic carbocycles. The quantitative estimate of drug-likeness (QED) is 0.610. The number of methoxy groups -OCH3 is 1. The van der Waals surface area contributed by atoms with Gasteiger partial charge in [0.15, 0.2) is 0 Å². The number of anilines is 1. The van der Waals surface area contributed by atoms with Gasteiger partial charge in [-0.2, -0.15) is 0 Å². The van der Waals surface area contributed by atoms with Gasteiger partial charge in [0.2, 0.25) is 5.91 Å². The van der Waals surface area contributed by atoms with Crippen LogP contribution in [0.4, 0.5) is 11.4 Å². The van der Waals surface area contributed by atoms with Crippen LogP contribution in [-0.4, -0.2) is 47.9 Å². The average Bonchev–Trinajstić information content (AvgIpc) is 2.69. The smallest absolute Gasteiger partial charge is 0.269 e. The number of nitrogens with zero attached hydrogens (tertiary/aromatic N) is 3. The van der Waals surface area contributed by atoms with Crippen LogP contribution >= 0.6 is 0 Å². The molecule has 0 aromatic heterocycles. The SMILES string of the molecule is COc1ccc(C(=O)N2CCN(c3ccc([N+](=O)[O-])cc3)C(=O)[C@H]2C)cc1. The standard InChI is InChI=1S/C19H19N3O5/c1-13-18(23)21(15-5-7-16(8-6-15)22(25)26)12-11-20(13)19(24)14-3-9-17(27-2)10-4-14/h3-10,13H,11-12H2,1-2H3/t13-/m1/s1. The summed E-state index contributed by atoms with van der Waals surface area (Å²) >= 11 is 0. The van der Waals surface area contributed by atoms with Crippen molar-refractivity contribution in [3.05, 3.63) is 64.2 Å². The van der Waals surface area contributed by atoms with Crippen molar-refractivity contribution < 1.29 is 19.2 Å². The van der Waals surface area contributed by atoms with Crippen LogP contribution in [0.25, 0.3) is 0 Å². The molecular weight excluding hydrogens is 350 g/mol. The maximum absolute atomic E-state index is 12.8. The lowest BCUT2D eigenvalue weighted by molar-refractivity contribution is -0.384. The number of ether oxygens (including phenoxy) is 1. The number of non-ortho nitro benzene ring substituents is 1. The Bertz CT molecular complexity index is 864. The molecule has 1 aliphatic heterocycles. The molecular formula is C19H19N3O5. The molecule has 8 nitrogen and oxygen atoms in total. The summed E-state index contributed by atoms with van der Waals surface area (Å²) in [5, 5.41) is 10.8. The number of carbonyl (C=O) groups excluding carboxylic acids is 2. The summed E-state index contributed by atoms with van der Waals surface area (Å²) in [5.74, 6) is 0.206. The van der Waals surface area contributed by atoms with Crippen LogP contribution in [0.1, 0.15) is 17.3 Å². The summed E-state index contributed by atoms with van der Waals surface area (Å²) in [7, 11) is 1.55. The number of nitro benzene ring substituents is 1. The van der Waals surface area contributed by atoms with Crippen molar-refractivity contribution >= 4 is 23.2 Å². The Morgan fingerprint density at radius 3 is 2.30 bits per heavy atom. The maximum Gasteiger partial charge on any atom is 0.269 e. The normalized spacial score (nSPS) is 17.0. The van der Waals surface area contributed by atoms with Gasteiger partial charge in [0.1, 0.15) is 11.8 Å². The van der Waals surface area contributed by atoms with Gasteiger partial charge in [-0.05, 0) is 43.3 Å². The molecule has 0 bridgehead atoms. The molecule has 27 heavy (non-hydrogen) atoms. The number of carbonyl (C=O) groups is 2. The largest absolute Gasteiger partial charge is 0.497 e. The third-order valence-corrected chi connectivity index (χ3v) is 4.63. The van der Waals surface area contributed by atoms with Gasteiger partial charge in [-0.1, -0.05) is 0 Å². The lowest BCUT2D eigenvalue weighted by atomic mass is 10.1. The first-order chi connectivity index (χ1) is 12.9. The molecule has 2 amide bonds. The monoisotopic (exact) mass is 369 g/mol. The topological polar surface area (TPSA) is 93.0 Å². The van der Waals surface area contributed by atoms with E-state index in [2.05, 4.69) is 0 Å². The molecule has 0 spiro atoms. The molecule has 1 aliphatic rings. The Morgan fingerprint density at radius 1 is 1.11 bits per heavy atom. The van der Waals surface area contributed by atoms with Crippen LogP contribution in [0, 0.1) is 10.1 Å². The van der Waals surface area contributed by atoms with Crippen molar-refractivity contribution in [1.29, 1.82) is 0 Å². The van der Waals surface area contributed by atoms with Gasteiger partial charge >= 0.3 is 0 Å². The van der Waals surface area contributed by atoms with Crippen LogP contribution in [0.15, 0.2) is 48.5 Å². The van der Waals surface area contributed by atoms with E-state index in [1.807, 2.05) is 0 Å². The third-order valence-electron chi connectivity index (χ3n) is 4.63. The molecule has 0 aliphatic carbocycles. The van der Waals surface area contributed by atoms with Crippen LogP contribution in [0.5, 0.6) is 5.75 Å². The lowest BCUT2D eigenvalue weighted by Crippen LogP contribution is -2.57. The lowest BCUT2D eigenvalue weighted by Gasteiger charge is -2.39. The minimum absolute atomic E-state index is 0.0347. The fourth-order valence-electron chi connectivity index (χ4n) is 3.06. The van der Waals surface area contributed by atoms with E-state index in [0.29, 0.717) is 30.1 Å². The number of amides is 2. The Hall–Kier alpha value is -3.42. The molecule has 2 aromatic rings. The van der Waals surface area contributed by atoms with Gasteiger partial charge in [-0.25, -0.2) is 0 Å². The number of hydrogen-bond acceptors (Lipinski definition) is 5. The second-order valence-corrected chi connectivity index (χ2v) is 6.17. The molecule has 0 unspecified atom stereocenters. The van der Waals surface area contributed by atoms with E-state index < -0.39 is 11.0 Å². The van der Waals surface area contributed by atoms with Crippen LogP contribution < -0.4 is 9.64 Å². The Morgan fingerprint density at radius 2 is 1.74 bits per heavy atom. The van der Waals surface area contributed by atoms with E-state index in [0.717, 1.165) is 0 Å². The maximum atomic E-state index is 12.8.